The Hall–Kier alpha value is -0.120. The molecule has 0 amide bonds. The maximum atomic E-state index is 11.0. The summed E-state index contributed by atoms with van der Waals surface area (Å²) in [6.45, 7) is 6.57. The fourth-order valence-electron chi connectivity index (χ4n) is 7.47. The lowest BCUT2D eigenvalue weighted by Crippen LogP contribution is -2.57. The van der Waals surface area contributed by atoms with Gasteiger partial charge in [-0.2, -0.15) is 0 Å². The molecular weight excluding hydrogens is 288 g/mol. The SMILES string of the molecule is C[C@]12CC[C@H](O)C[C@@H]1CC[C@@H]1[C@@H]2CC[C@@]2(C)[C@H]1C[C@@H](O)[C@]2(C)O. The van der Waals surface area contributed by atoms with Crippen LogP contribution in [0.2, 0.25) is 0 Å². The Morgan fingerprint density at radius 2 is 1.57 bits per heavy atom. The van der Waals surface area contributed by atoms with Crippen molar-refractivity contribution in [1.82, 2.24) is 0 Å². The molecule has 4 aliphatic rings. The first-order valence-electron chi connectivity index (χ1n) is 9.78. The summed E-state index contributed by atoms with van der Waals surface area (Å²) in [6, 6.07) is 0. The fraction of sp³-hybridized carbons (Fsp3) is 1.00. The number of aliphatic hydroxyl groups is 3. The van der Waals surface area contributed by atoms with Gasteiger partial charge < -0.3 is 15.3 Å². The molecular formula is C20H34O3. The van der Waals surface area contributed by atoms with E-state index in [0.29, 0.717) is 29.1 Å². The monoisotopic (exact) mass is 322 g/mol. The average molecular weight is 322 g/mol. The van der Waals surface area contributed by atoms with Gasteiger partial charge in [0, 0.05) is 5.41 Å². The second-order valence-corrected chi connectivity index (χ2v) is 9.94. The van der Waals surface area contributed by atoms with Gasteiger partial charge >= 0.3 is 0 Å². The third-order valence-corrected chi connectivity index (χ3v) is 9.31. The van der Waals surface area contributed by atoms with E-state index in [-0.39, 0.29) is 11.5 Å². The highest BCUT2D eigenvalue weighted by Crippen LogP contribution is 2.68. The molecule has 0 spiro atoms. The smallest absolute Gasteiger partial charge is 0.0933 e. The second kappa shape index (κ2) is 4.95. The van der Waals surface area contributed by atoms with Crippen LogP contribution in [0.1, 0.15) is 72.1 Å². The molecule has 132 valence electrons. The highest BCUT2D eigenvalue weighted by molar-refractivity contribution is 5.15. The molecule has 4 rings (SSSR count). The van der Waals surface area contributed by atoms with E-state index in [4.69, 9.17) is 0 Å². The van der Waals surface area contributed by atoms with E-state index >= 15 is 0 Å². The van der Waals surface area contributed by atoms with Gasteiger partial charge in [0.1, 0.15) is 0 Å². The Balaban J connectivity index is 1.65. The number of hydrogen-bond acceptors (Lipinski definition) is 3. The van der Waals surface area contributed by atoms with Crippen LogP contribution in [0, 0.1) is 34.5 Å². The van der Waals surface area contributed by atoms with E-state index in [2.05, 4.69) is 13.8 Å². The summed E-state index contributed by atoms with van der Waals surface area (Å²) < 4.78 is 0. The van der Waals surface area contributed by atoms with Crippen LogP contribution in [0.3, 0.4) is 0 Å². The summed E-state index contributed by atoms with van der Waals surface area (Å²) in [5, 5.41) is 31.5. The van der Waals surface area contributed by atoms with Crippen LogP contribution in [0.5, 0.6) is 0 Å². The molecule has 4 aliphatic carbocycles. The summed E-state index contributed by atoms with van der Waals surface area (Å²) in [4.78, 5) is 0. The Bertz CT molecular complexity index is 489. The summed E-state index contributed by atoms with van der Waals surface area (Å²) in [7, 11) is 0. The van der Waals surface area contributed by atoms with Crippen LogP contribution in [-0.2, 0) is 0 Å². The van der Waals surface area contributed by atoms with Crippen LogP contribution >= 0.6 is 0 Å². The zero-order valence-corrected chi connectivity index (χ0v) is 15.0. The molecule has 0 aromatic carbocycles. The predicted octanol–water partition coefficient (Wildman–Crippen LogP) is 3.11. The molecule has 4 fully saturated rings. The largest absolute Gasteiger partial charge is 0.393 e. The third-order valence-electron chi connectivity index (χ3n) is 9.31. The standard InChI is InChI=1S/C20H34O3/c1-18-8-6-13(21)10-12(18)4-5-14-15(18)7-9-19(2)16(14)11-17(22)20(19,3)23/h12-17,21-23H,4-11H2,1-3H3/t12-,13-,14+,15-,16-,17+,18-,19-,20-/m0/s1. The molecule has 0 aromatic rings. The molecule has 0 aliphatic heterocycles. The zero-order chi connectivity index (χ0) is 16.6. The highest BCUT2D eigenvalue weighted by Gasteiger charge is 2.66. The molecule has 23 heavy (non-hydrogen) atoms. The highest BCUT2D eigenvalue weighted by atomic mass is 16.3. The van der Waals surface area contributed by atoms with E-state index in [1.165, 1.54) is 19.3 Å². The van der Waals surface area contributed by atoms with Crippen molar-refractivity contribution in [2.24, 2.45) is 34.5 Å². The first kappa shape index (κ1) is 16.4. The quantitative estimate of drug-likeness (QED) is 0.642. The van der Waals surface area contributed by atoms with Crippen molar-refractivity contribution < 1.29 is 15.3 Å². The number of rotatable bonds is 0. The number of fused-ring (bicyclic) bond motifs is 5. The van der Waals surface area contributed by atoms with Crippen LogP contribution in [0.25, 0.3) is 0 Å². The molecule has 9 atom stereocenters. The molecule has 0 unspecified atom stereocenters. The van der Waals surface area contributed by atoms with E-state index in [1.807, 2.05) is 6.92 Å². The van der Waals surface area contributed by atoms with E-state index in [1.54, 1.807) is 0 Å². The number of aliphatic hydroxyl groups excluding tert-OH is 2. The number of hydrogen-bond donors (Lipinski definition) is 3. The normalized spacial score (nSPS) is 62.3. The van der Waals surface area contributed by atoms with Crippen molar-refractivity contribution in [2.75, 3.05) is 0 Å². The lowest BCUT2D eigenvalue weighted by atomic mass is 9.44. The molecule has 0 radical (unpaired) electrons. The second-order valence-electron chi connectivity index (χ2n) is 9.94. The maximum Gasteiger partial charge on any atom is 0.0933 e. The van der Waals surface area contributed by atoms with Gasteiger partial charge in [-0.3, -0.25) is 0 Å². The van der Waals surface area contributed by atoms with Gasteiger partial charge in [0.25, 0.3) is 0 Å². The average Bonchev–Trinajstić information content (AvgIpc) is 2.67. The Morgan fingerprint density at radius 1 is 0.826 bits per heavy atom. The Kier molecular flexibility index (Phi) is 3.52. The molecule has 0 heterocycles. The topological polar surface area (TPSA) is 60.7 Å². The summed E-state index contributed by atoms with van der Waals surface area (Å²) in [5.41, 5.74) is -0.711. The first-order valence-corrected chi connectivity index (χ1v) is 9.78. The van der Waals surface area contributed by atoms with Gasteiger partial charge in [-0.05, 0) is 87.4 Å². The lowest BCUT2D eigenvalue weighted by Gasteiger charge is -2.61. The van der Waals surface area contributed by atoms with Gasteiger partial charge in [0.2, 0.25) is 0 Å². The summed E-state index contributed by atoms with van der Waals surface area (Å²) in [6.07, 6.45) is 7.87. The van der Waals surface area contributed by atoms with Gasteiger partial charge in [-0.25, -0.2) is 0 Å². The van der Waals surface area contributed by atoms with Crippen LogP contribution in [0.4, 0.5) is 0 Å². The van der Waals surface area contributed by atoms with Gasteiger partial charge in [-0.15, -0.1) is 0 Å². The Labute approximate surface area is 140 Å². The molecule has 4 saturated carbocycles. The van der Waals surface area contributed by atoms with Crippen LogP contribution in [0.15, 0.2) is 0 Å². The van der Waals surface area contributed by atoms with Gasteiger partial charge in [0.05, 0.1) is 17.8 Å². The molecule has 0 bridgehead atoms. The molecule has 3 heteroatoms. The third kappa shape index (κ3) is 1.99. The van der Waals surface area contributed by atoms with Crippen molar-refractivity contribution in [3.05, 3.63) is 0 Å². The lowest BCUT2D eigenvalue weighted by molar-refractivity contribution is -0.164. The molecule has 0 aromatic heterocycles. The predicted molar refractivity (Wildman–Crippen MR) is 89.7 cm³/mol. The van der Waals surface area contributed by atoms with Crippen molar-refractivity contribution in [2.45, 2.75) is 89.9 Å². The minimum atomic E-state index is -0.941. The zero-order valence-electron chi connectivity index (χ0n) is 15.0. The van der Waals surface area contributed by atoms with Crippen LogP contribution < -0.4 is 0 Å². The summed E-state index contributed by atoms with van der Waals surface area (Å²) in [5.74, 6) is 2.49. The Morgan fingerprint density at radius 3 is 2.30 bits per heavy atom. The molecule has 3 nitrogen and oxygen atoms in total. The summed E-state index contributed by atoms with van der Waals surface area (Å²) >= 11 is 0. The molecule has 3 N–H and O–H groups in total. The molecule has 0 saturated heterocycles. The van der Waals surface area contributed by atoms with E-state index in [0.717, 1.165) is 32.1 Å². The minimum Gasteiger partial charge on any atom is -0.393 e. The maximum absolute atomic E-state index is 11.0. The first-order chi connectivity index (χ1) is 10.7. The van der Waals surface area contributed by atoms with E-state index in [9.17, 15) is 15.3 Å². The van der Waals surface area contributed by atoms with Gasteiger partial charge in [-0.1, -0.05) is 13.8 Å². The fourth-order valence-corrected chi connectivity index (χ4v) is 7.47. The minimum absolute atomic E-state index is 0.0903. The van der Waals surface area contributed by atoms with Crippen molar-refractivity contribution in [3.8, 4) is 0 Å². The van der Waals surface area contributed by atoms with Crippen molar-refractivity contribution in [1.29, 1.82) is 0 Å². The van der Waals surface area contributed by atoms with Gasteiger partial charge in [0.15, 0.2) is 0 Å². The van der Waals surface area contributed by atoms with Crippen molar-refractivity contribution >= 4 is 0 Å². The van der Waals surface area contributed by atoms with Crippen molar-refractivity contribution in [3.63, 3.8) is 0 Å². The van der Waals surface area contributed by atoms with Crippen LogP contribution in [-0.4, -0.2) is 33.1 Å². The van der Waals surface area contributed by atoms with E-state index < -0.39 is 11.7 Å².